The number of fused-ring (bicyclic) bond motifs is 13. The third-order valence-corrected chi connectivity index (χ3v) is 17.3. The van der Waals surface area contributed by atoms with Gasteiger partial charge in [0, 0.05) is 61.6 Å². The van der Waals surface area contributed by atoms with Gasteiger partial charge in [-0.2, -0.15) is 0 Å². The highest BCUT2D eigenvalue weighted by Crippen LogP contribution is 2.59. The molecule has 1 aromatic heterocycles. The van der Waals surface area contributed by atoms with Gasteiger partial charge >= 0.3 is 0 Å². The number of aromatic nitrogens is 1. The molecule has 7 heteroatoms. The van der Waals surface area contributed by atoms with Crippen LogP contribution in [0.2, 0.25) is 0 Å². The zero-order valence-electron chi connectivity index (χ0n) is 45.3. The van der Waals surface area contributed by atoms with E-state index in [2.05, 4.69) is 148 Å². The molecule has 0 saturated carbocycles. The van der Waals surface area contributed by atoms with Crippen molar-refractivity contribution in [2.45, 2.75) is 66.2 Å². The molecular formula is C72H55F4N3. The summed E-state index contributed by atoms with van der Waals surface area (Å²) in [4.78, 5) is 3.93. The third kappa shape index (κ3) is 7.11. The Kier molecular flexibility index (Phi) is 10.6. The molecule has 12 aromatic rings. The smallest absolute Gasteiger partial charge is 0.150 e. The maximum Gasteiger partial charge on any atom is 0.150 e. The number of aryl methyl sites for hydroxylation is 4. The minimum Gasteiger partial charge on any atom is -0.309 e. The third-order valence-electron chi connectivity index (χ3n) is 17.3. The number of benzene rings is 11. The lowest BCUT2D eigenvalue weighted by molar-refractivity contribution is 0.583. The molecule has 2 aliphatic carbocycles. The van der Waals surface area contributed by atoms with Crippen molar-refractivity contribution in [1.82, 2.24) is 4.57 Å². The fraction of sp³-hybridized carbons (Fsp3) is 0.139. The number of anilines is 6. The van der Waals surface area contributed by atoms with Gasteiger partial charge in [-0.05, 0) is 179 Å². The van der Waals surface area contributed by atoms with Crippen LogP contribution in [-0.4, -0.2) is 4.57 Å². The summed E-state index contributed by atoms with van der Waals surface area (Å²) in [5.74, 6) is -2.55. The van der Waals surface area contributed by atoms with E-state index in [-0.39, 0.29) is 11.4 Å². The maximum atomic E-state index is 16.4. The van der Waals surface area contributed by atoms with Crippen LogP contribution in [0, 0.1) is 51.0 Å². The molecule has 0 bridgehead atoms. The van der Waals surface area contributed by atoms with Crippen molar-refractivity contribution in [3.05, 3.63) is 256 Å². The first kappa shape index (κ1) is 48.4. The Morgan fingerprint density at radius 1 is 0.342 bits per heavy atom. The Labute approximate surface area is 457 Å². The lowest BCUT2D eigenvalue weighted by Crippen LogP contribution is -2.18. The van der Waals surface area contributed by atoms with Crippen molar-refractivity contribution >= 4 is 77.5 Å². The first-order valence-corrected chi connectivity index (χ1v) is 27.0. The van der Waals surface area contributed by atoms with Gasteiger partial charge in [0.1, 0.15) is 23.3 Å². The fourth-order valence-corrected chi connectivity index (χ4v) is 13.6. The fourth-order valence-electron chi connectivity index (χ4n) is 13.6. The van der Waals surface area contributed by atoms with Gasteiger partial charge in [0.2, 0.25) is 0 Å². The topological polar surface area (TPSA) is 11.4 Å². The molecule has 0 fully saturated rings. The van der Waals surface area contributed by atoms with Gasteiger partial charge < -0.3 is 14.4 Å². The molecule has 386 valence electrons. The zero-order valence-corrected chi connectivity index (χ0v) is 45.3. The maximum absolute atomic E-state index is 16.4. The molecule has 0 amide bonds. The summed E-state index contributed by atoms with van der Waals surface area (Å²) in [6.45, 7) is 17.3. The minimum atomic E-state index is -0.645. The molecule has 0 saturated heterocycles. The molecule has 0 spiro atoms. The van der Waals surface area contributed by atoms with Crippen molar-refractivity contribution < 1.29 is 17.6 Å². The molecule has 0 atom stereocenters. The number of hydrogen-bond acceptors (Lipinski definition) is 2. The molecule has 14 rings (SSSR count). The second-order valence-electron chi connectivity index (χ2n) is 22.9. The summed E-state index contributed by atoms with van der Waals surface area (Å²) in [5, 5.41) is 6.20. The molecule has 79 heavy (non-hydrogen) atoms. The number of hydrogen-bond donors (Lipinski definition) is 0. The first-order valence-electron chi connectivity index (χ1n) is 27.0. The average molecular weight is 1040 g/mol. The van der Waals surface area contributed by atoms with E-state index in [4.69, 9.17) is 0 Å². The van der Waals surface area contributed by atoms with Crippen LogP contribution in [0.25, 0.3) is 71.3 Å². The highest BCUT2D eigenvalue weighted by Gasteiger charge is 2.42. The lowest BCUT2D eigenvalue weighted by Gasteiger charge is -2.31. The first-order chi connectivity index (χ1) is 38.0. The second kappa shape index (κ2) is 17.3. The standard InChI is InChI=1S/C72H55F4N3/c1-40-22-26-61(42(3)30-40)78(63-28-24-44(73)32-59(63)75)65-38-57-69(49-20-14-12-18-47(49)65)53-34-51-52-35-54-56(37-68(52)77(46-16-10-9-11-17-46)67(51)36-55(53)71(57,5)6)72(7,8)58-39-66(48-19-13-15-21-50(48)70(54)58)79(62-27-23-41(2)31-43(62)4)64-29-25-45(74)33-60(64)76/h9-39H,1-8H3. The minimum absolute atomic E-state index is 0.266. The van der Waals surface area contributed by atoms with Gasteiger partial charge in [0.05, 0.1) is 33.8 Å². The molecule has 0 unspecified atom stereocenters. The van der Waals surface area contributed by atoms with Crippen LogP contribution in [0.15, 0.2) is 188 Å². The summed E-state index contributed by atoms with van der Waals surface area (Å²) >= 11 is 0. The second-order valence-corrected chi connectivity index (χ2v) is 22.9. The summed E-state index contributed by atoms with van der Waals surface area (Å²) < 4.78 is 64.5. The predicted molar refractivity (Wildman–Crippen MR) is 319 cm³/mol. The molecule has 0 aliphatic heterocycles. The van der Waals surface area contributed by atoms with Crippen LogP contribution in [-0.2, 0) is 10.8 Å². The van der Waals surface area contributed by atoms with E-state index in [1.807, 2.05) is 73.9 Å². The van der Waals surface area contributed by atoms with Crippen molar-refractivity contribution in [1.29, 1.82) is 0 Å². The van der Waals surface area contributed by atoms with Crippen molar-refractivity contribution in [3.63, 3.8) is 0 Å². The van der Waals surface area contributed by atoms with E-state index in [0.29, 0.717) is 0 Å². The van der Waals surface area contributed by atoms with E-state index < -0.39 is 34.1 Å². The van der Waals surface area contributed by atoms with Crippen LogP contribution in [0.3, 0.4) is 0 Å². The van der Waals surface area contributed by atoms with Crippen LogP contribution in [0.1, 0.15) is 72.2 Å². The SMILES string of the molecule is Cc1ccc(N(c2ccc(F)cc2F)c2cc3c(c4ccccc24)-c2cc4c5cc6c(cc5n(-c5ccccc5)c4cc2C3(C)C)C(C)(C)c2cc(N(c3ccc(C)cc3C)c3ccc(F)cc3F)c3ccccc3c2-6)c(C)c1. The molecule has 3 nitrogen and oxygen atoms in total. The zero-order chi connectivity index (χ0) is 54.6. The largest absolute Gasteiger partial charge is 0.309 e. The van der Waals surface area contributed by atoms with Crippen LogP contribution >= 0.6 is 0 Å². The molecule has 11 aromatic carbocycles. The Morgan fingerprint density at radius 3 is 1.14 bits per heavy atom. The lowest BCUT2D eigenvalue weighted by atomic mass is 9.81. The highest BCUT2D eigenvalue weighted by molar-refractivity contribution is 6.18. The van der Waals surface area contributed by atoms with Gasteiger partial charge in [0.25, 0.3) is 0 Å². The Morgan fingerprint density at radius 2 is 0.734 bits per heavy atom. The van der Waals surface area contributed by atoms with E-state index in [1.165, 1.54) is 23.3 Å². The van der Waals surface area contributed by atoms with Crippen LogP contribution in [0.4, 0.5) is 51.7 Å². The number of para-hydroxylation sites is 1. The van der Waals surface area contributed by atoms with Crippen LogP contribution < -0.4 is 9.80 Å². The van der Waals surface area contributed by atoms with E-state index in [1.54, 1.807) is 12.1 Å². The molecule has 0 N–H and O–H groups in total. The normalized spacial score (nSPS) is 13.8. The average Bonchev–Trinajstić information content (AvgIpc) is 4.16. The number of halogens is 4. The van der Waals surface area contributed by atoms with Gasteiger partial charge in [-0.1, -0.05) is 130 Å². The summed E-state index contributed by atoms with van der Waals surface area (Å²) in [6, 6.07) is 61.5. The molecule has 1 heterocycles. The van der Waals surface area contributed by atoms with Crippen molar-refractivity contribution in [2.75, 3.05) is 9.80 Å². The van der Waals surface area contributed by atoms with Crippen LogP contribution in [0.5, 0.6) is 0 Å². The Balaban J connectivity index is 1.03. The molecular weight excluding hydrogens is 983 g/mol. The number of rotatable bonds is 7. The highest BCUT2D eigenvalue weighted by atomic mass is 19.1. The number of nitrogens with zero attached hydrogens (tertiary/aromatic N) is 3. The van der Waals surface area contributed by atoms with E-state index in [9.17, 15) is 8.78 Å². The van der Waals surface area contributed by atoms with Gasteiger partial charge in [-0.15, -0.1) is 0 Å². The predicted octanol–water partition coefficient (Wildman–Crippen LogP) is 20.4. The van der Waals surface area contributed by atoms with Crippen molar-refractivity contribution in [3.8, 4) is 27.9 Å². The Bertz CT molecular complexity index is 4230. The summed E-state index contributed by atoms with van der Waals surface area (Å²) in [7, 11) is 0. The van der Waals surface area contributed by atoms with Crippen molar-refractivity contribution in [2.24, 2.45) is 0 Å². The Hall–Kier alpha value is -8.94. The summed E-state index contributed by atoms with van der Waals surface area (Å²) in [5.41, 5.74) is 19.3. The van der Waals surface area contributed by atoms with E-state index in [0.717, 1.165) is 140 Å². The van der Waals surface area contributed by atoms with E-state index >= 15 is 8.78 Å². The monoisotopic (exact) mass is 1040 g/mol. The molecule has 2 aliphatic rings. The van der Waals surface area contributed by atoms with Gasteiger partial charge in [0.15, 0.2) is 0 Å². The quantitative estimate of drug-likeness (QED) is 0.147. The van der Waals surface area contributed by atoms with Gasteiger partial charge in [-0.25, -0.2) is 17.6 Å². The van der Waals surface area contributed by atoms with Gasteiger partial charge in [-0.3, -0.25) is 0 Å². The molecule has 0 radical (unpaired) electrons. The summed E-state index contributed by atoms with van der Waals surface area (Å²) in [6.07, 6.45) is 0.